The van der Waals surface area contributed by atoms with E-state index in [1.165, 1.54) is 6.07 Å². The van der Waals surface area contributed by atoms with E-state index < -0.39 is 0 Å². The number of Topliss-reactive ketones (excluding diaryl/α,β-unsaturated/α-hetero) is 1. The monoisotopic (exact) mass is 250 g/mol. The Morgan fingerprint density at radius 3 is 2.44 bits per heavy atom. The fraction of sp³-hybridized carbons (Fsp3) is 0.562. The maximum Gasteiger partial charge on any atom is 0.137 e. The van der Waals surface area contributed by atoms with Crippen LogP contribution in [-0.4, -0.2) is 5.78 Å². The molecule has 0 heterocycles. The molecule has 1 unspecified atom stereocenters. The zero-order valence-electron chi connectivity index (χ0n) is 11.8. The van der Waals surface area contributed by atoms with Crippen molar-refractivity contribution in [3.05, 3.63) is 35.6 Å². The molecule has 1 aromatic rings. The summed E-state index contributed by atoms with van der Waals surface area (Å²) >= 11 is 0. The van der Waals surface area contributed by atoms with E-state index in [9.17, 15) is 9.18 Å². The van der Waals surface area contributed by atoms with Gasteiger partial charge in [-0.05, 0) is 29.4 Å². The smallest absolute Gasteiger partial charge is 0.137 e. The zero-order valence-corrected chi connectivity index (χ0v) is 11.8. The first-order valence-electron chi connectivity index (χ1n) is 6.53. The van der Waals surface area contributed by atoms with Crippen molar-refractivity contribution in [1.29, 1.82) is 0 Å². The Bertz CT molecular complexity index is 404. The van der Waals surface area contributed by atoms with Crippen molar-refractivity contribution in [3.8, 4) is 0 Å². The van der Waals surface area contributed by atoms with Crippen LogP contribution in [0.1, 0.15) is 46.1 Å². The molecular formula is C16H23FO. The third-order valence-corrected chi connectivity index (χ3v) is 2.88. The summed E-state index contributed by atoms with van der Waals surface area (Å²) in [5.74, 6) is 0.190. The summed E-state index contributed by atoms with van der Waals surface area (Å²) in [6, 6.07) is 6.50. The highest BCUT2D eigenvalue weighted by Gasteiger charge is 2.18. The first-order valence-corrected chi connectivity index (χ1v) is 6.53. The maximum absolute atomic E-state index is 13.4. The van der Waals surface area contributed by atoms with Crippen LogP contribution in [0.3, 0.4) is 0 Å². The lowest BCUT2D eigenvalue weighted by Gasteiger charge is -2.22. The molecule has 0 saturated heterocycles. The van der Waals surface area contributed by atoms with Gasteiger partial charge in [0.25, 0.3) is 0 Å². The molecule has 18 heavy (non-hydrogen) atoms. The van der Waals surface area contributed by atoms with Crippen molar-refractivity contribution in [1.82, 2.24) is 0 Å². The van der Waals surface area contributed by atoms with Crippen molar-refractivity contribution >= 4 is 5.78 Å². The van der Waals surface area contributed by atoms with Crippen LogP contribution in [0.5, 0.6) is 0 Å². The van der Waals surface area contributed by atoms with Gasteiger partial charge in [-0.3, -0.25) is 4.79 Å². The summed E-state index contributed by atoms with van der Waals surface area (Å²) in [4.78, 5) is 11.9. The summed E-state index contributed by atoms with van der Waals surface area (Å²) in [7, 11) is 0. The van der Waals surface area contributed by atoms with Crippen LogP contribution in [0, 0.1) is 17.2 Å². The van der Waals surface area contributed by atoms with Crippen molar-refractivity contribution in [3.63, 3.8) is 0 Å². The number of hydrogen-bond acceptors (Lipinski definition) is 1. The molecule has 0 aliphatic heterocycles. The summed E-state index contributed by atoms with van der Waals surface area (Å²) in [5, 5.41) is 0. The van der Waals surface area contributed by atoms with E-state index in [1.807, 2.05) is 0 Å². The van der Waals surface area contributed by atoms with E-state index in [2.05, 4.69) is 27.7 Å². The lowest BCUT2D eigenvalue weighted by Crippen LogP contribution is -2.15. The normalized spacial score (nSPS) is 13.4. The number of benzene rings is 1. The first kappa shape index (κ1) is 14.9. The second kappa shape index (κ2) is 6.12. The molecule has 0 amide bonds. The third kappa shape index (κ3) is 5.44. The number of carbonyl (C=O) groups excluding carboxylic acids is 1. The minimum Gasteiger partial charge on any atom is -0.299 e. The highest BCUT2D eigenvalue weighted by Crippen LogP contribution is 2.26. The van der Waals surface area contributed by atoms with Gasteiger partial charge in [0.1, 0.15) is 11.6 Å². The van der Waals surface area contributed by atoms with Gasteiger partial charge < -0.3 is 0 Å². The first-order chi connectivity index (χ1) is 8.28. The number of rotatable bonds is 5. The number of ketones is 1. The Labute approximate surface area is 109 Å². The average molecular weight is 250 g/mol. The van der Waals surface area contributed by atoms with Gasteiger partial charge in [-0.15, -0.1) is 0 Å². The Hall–Kier alpha value is -1.18. The quantitative estimate of drug-likeness (QED) is 0.757. The predicted molar refractivity (Wildman–Crippen MR) is 73.0 cm³/mol. The Balaban J connectivity index is 2.50. The van der Waals surface area contributed by atoms with Crippen LogP contribution in [0.4, 0.5) is 4.39 Å². The molecule has 0 fully saturated rings. The second-order valence-electron chi connectivity index (χ2n) is 6.38. The topological polar surface area (TPSA) is 17.1 Å². The standard InChI is InChI=1S/C16H23FO/c1-12(11-16(2,3)4)9-14(18)10-13-7-5-6-8-15(13)17/h5-8,12H,9-11H2,1-4H3. The fourth-order valence-electron chi connectivity index (χ4n) is 2.43. The minimum atomic E-state index is -0.283. The van der Waals surface area contributed by atoms with E-state index >= 15 is 0 Å². The molecule has 1 aromatic carbocycles. The second-order valence-corrected chi connectivity index (χ2v) is 6.38. The predicted octanol–water partition coefficient (Wildman–Crippen LogP) is 4.40. The van der Waals surface area contributed by atoms with E-state index in [-0.39, 0.29) is 23.4 Å². The van der Waals surface area contributed by atoms with Crippen LogP contribution in [-0.2, 0) is 11.2 Å². The molecule has 0 aromatic heterocycles. The summed E-state index contributed by atoms with van der Waals surface area (Å²) in [5.41, 5.74) is 0.739. The van der Waals surface area contributed by atoms with Gasteiger partial charge in [0.05, 0.1) is 0 Å². The molecule has 0 N–H and O–H groups in total. The molecular weight excluding hydrogens is 227 g/mol. The van der Waals surface area contributed by atoms with Crippen LogP contribution in [0.25, 0.3) is 0 Å². The van der Waals surface area contributed by atoms with Gasteiger partial charge in [-0.1, -0.05) is 45.9 Å². The Morgan fingerprint density at radius 2 is 1.89 bits per heavy atom. The largest absolute Gasteiger partial charge is 0.299 e. The van der Waals surface area contributed by atoms with Gasteiger partial charge in [-0.25, -0.2) is 4.39 Å². The number of halogens is 1. The molecule has 0 radical (unpaired) electrons. The lowest BCUT2D eigenvalue weighted by atomic mass is 9.83. The van der Waals surface area contributed by atoms with E-state index in [1.54, 1.807) is 18.2 Å². The summed E-state index contributed by atoms with van der Waals surface area (Å²) in [6.45, 7) is 8.60. The Morgan fingerprint density at radius 1 is 1.28 bits per heavy atom. The molecule has 100 valence electrons. The number of carbonyl (C=O) groups is 1. The van der Waals surface area contributed by atoms with Crippen LogP contribution in [0.2, 0.25) is 0 Å². The highest BCUT2D eigenvalue weighted by atomic mass is 19.1. The van der Waals surface area contributed by atoms with Crippen molar-refractivity contribution in [2.45, 2.75) is 47.0 Å². The third-order valence-electron chi connectivity index (χ3n) is 2.88. The molecule has 0 aliphatic carbocycles. The zero-order chi connectivity index (χ0) is 13.8. The SMILES string of the molecule is CC(CC(=O)Cc1ccccc1F)CC(C)(C)C. The lowest BCUT2D eigenvalue weighted by molar-refractivity contribution is -0.119. The van der Waals surface area contributed by atoms with Gasteiger partial charge in [0.2, 0.25) is 0 Å². The summed E-state index contributed by atoms with van der Waals surface area (Å²) < 4.78 is 13.4. The van der Waals surface area contributed by atoms with Crippen LogP contribution >= 0.6 is 0 Å². The minimum absolute atomic E-state index is 0.122. The van der Waals surface area contributed by atoms with Crippen molar-refractivity contribution in [2.24, 2.45) is 11.3 Å². The highest BCUT2D eigenvalue weighted by molar-refractivity contribution is 5.81. The Kier molecular flexibility index (Phi) is 5.06. The van der Waals surface area contributed by atoms with E-state index in [0.29, 0.717) is 17.9 Å². The van der Waals surface area contributed by atoms with Crippen molar-refractivity contribution < 1.29 is 9.18 Å². The van der Waals surface area contributed by atoms with E-state index in [0.717, 1.165) is 6.42 Å². The van der Waals surface area contributed by atoms with Gasteiger partial charge in [0, 0.05) is 12.8 Å². The van der Waals surface area contributed by atoms with Crippen LogP contribution in [0.15, 0.2) is 24.3 Å². The molecule has 0 spiro atoms. The summed E-state index contributed by atoms with van der Waals surface area (Å²) in [6.07, 6.45) is 1.75. The molecule has 1 nitrogen and oxygen atoms in total. The molecule has 1 rings (SSSR count). The fourth-order valence-corrected chi connectivity index (χ4v) is 2.43. The average Bonchev–Trinajstić information content (AvgIpc) is 2.18. The molecule has 1 atom stereocenters. The van der Waals surface area contributed by atoms with Gasteiger partial charge in [-0.2, -0.15) is 0 Å². The van der Waals surface area contributed by atoms with Gasteiger partial charge >= 0.3 is 0 Å². The number of hydrogen-bond donors (Lipinski definition) is 0. The molecule has 0 bridgehead atoms. The van der Waals surface area contributed by atoms with Crippen molar-refractivity contribution in [2.75, 3.05) is 0 Å². The molecule has 0 saturated carbocycles. The molecule has 0 aliphatic rings. The maximum atomic E-state index is 13.4. The van der Waals surface area contributed by atoms with Crippen LogP contribution < -0.4 is 0 Å². The van der Waals surface area contributed by atoms with E-state index in [4.69, 9.17) is 0 Å². The van der Waals surface area contributed by atoms with Gasteiger partial charge in [0.15, 0.2) is 0 Å². The molecule has 2 heteroatoms.